The van der Waals surface area contributed by atoms with Crippen molar-refractivity contribution in [3.8, 4) is 0 Å². The predicted molar refractivity (Wildman–Crippen MR) is 171 cm³/mol. The molecular formula is C35H37F2N3O4S. The molecule has 45 heavy (non-hydrogen) atoms. The second-order valence-electron chi connectivity index (χ2n) is 10.8. The van der Waals surface area contributed by atoms with Crippen molar-refractivity contribution in [2.75, 3.05) is 17.4 Å². The normalized spacial score (nSPS) is 11.9. The van der Waals surface area contributed by atoms with E-state index in [2.05, 4.69) is 5.32 Å². The smallest absolute Gasteiger partial charge is 0.264 e. The number of carbonyl (C=O) groups is 2. The van der Waals surface area contributed by atoms with Crippen molar-refractivity contribution in [2.24, 2.45) is 0 Å². The molecule has 0 radical (unpaired) electrons. The molecule has 1 N–H and O–H groups in total. The minimum atomic E-state index is -4.37. The lowest BCUT2D eigenvalue weighted by molar-refractivity contribution is -0.140. The van der Waals surface area contributed by atoms with Crippen molar-refractivity contribution in [3.63, 3.8) is 0 Å². The lowest BCUT2D eigenvalue weighted by atomic mass is 10.0. The number of carbonyl (C=O) groups excluding carboxylic acids is 2. The van der Waals surface area contributed by atoms with Crippen LogP contribution in [0.15, 0.2) is 108 Å². The predicted octanol–water partition coefficient (Wildman–Crippen LogP) is 6.02. The van der Waals surface area contributed by atoms with Gasteiger partial charge >= 0.3 is 0 Å². The highest BCUT2D eigenvalue weighted by Crippen LogP contribution is 2.26. The van der Waals surface area contributed by atoms with Gasteiger partial charge in [0.15, 0.2) is 0 Å². The molecule has 4 aromatic carbocycles. The van der Waals surface area contributed by atoms with Gasteiger partial charge in [-0.2, -0.15) is 0 Å². The summed E-state index contributed by atoms with van der Waals surface area (Å²) in [7, 11) is -4.37. The van der Waals surface area contributed by atoms with Crippen LogP contribution in [0.5, 0.6) is 0 Å². The maximum Gasteiger partial charge on any atom is 0.264 e. The maximum absolute atomic E-state index is 15.0. The highest BCUT2D eigenvalue weighted by molar-refractivity contribution is 7.92. The van der Waals surface area contributed by atoms with Crippen molar-refractivity contribution in [2.45, 2.75) is 50.6 Å². The molecule has 2 amide bonds. The van der Waals surface area contributed by atoms with Crippen LogP contribution in [0.2, 0.25) is 0 Å². The first-order chi connectivity index (χ1) is 21.6. The van der Waals surface area contributed by atoms with Gasteiger partial charge in [-0.3, -0.25) is 13.9 Å². The minimum Gasteiger partial charge on any atom is -0.354 e. The molecule has 7 nitrogen and oxygen atoms in total. The summed E-state index contributed by atoms with van der Waals surface area (Å²) in [4.78, 5) is 29.1. The number of sulfonamides is 1. The topological polar surface area (TPSA) is 86.8 Å². The number of hydrogen-bond donors (Lipinski definition) is 1. The van der Waals surface area contributed by atoms with E-state index in [4.69, 9.17) is 0 Å². The van der Waals surface area contributed by atoms with Gasteiger partial charge in [-0.25, -0.2) is 17.2 Å². The number of halogens is 2. The van der Waals surface area contributed by atoms with Gasteiger partial charge in [0.05, 0.1) is 10.6 Å². The van der Waals surface area contributed by atoms with E-state index < -0.39 is 46.1 Å². The summed E-state index contributed by atoms with van der Waals surface area (Å²) in [5.41, 5.74) is 2.02. The molecule has 0 heterocycles. The summed E-state index contributed by atoms with van der Waals surface area (Å²) in [5.74, 6) is -2.31. The Hall–Kier alpha value is -4.57. The average molecular weight is 634 g/mol. The number of nitrogens with zero attached hydrogens (tertiary/aromatic N) is 2. The van der Waals surface area contributed by atoms with E-state index in [1.165, 1.54) is 23.1 Å². The number of nitrogens with one attached hydrogen (secondary N) is 1. The number of anilines is 1. The first-order valence-corrected chi connectivity index (χ1v) is 16.2. The number of amides is 2. The second kappa shape index (κ2) is 15.4. The van der Waals surface area contributed by atoms with Crippen LogP contribution in [0.1, 0.15) is 36.5 Å². The van der Waals surface area contributed by atoms with Crippen LogP contribution in [-0.2, 0) is 32.6 Å². The van der Waals surface area contributed by atoms with Gasteiger partial charge in [-0.05, 0) is 61.4 Å². The lowest BCUT2D eigenvalue weighted by Crippen LogP contribution is -2.53. The summed E-state index contributed by atoms with van der Waals surface area (Å²) in [6.45, 7) is 3.25. The molecule has 10 heteroatoms. The molecule has 0 aliphatic heterocycles. The van der Waals surface area contributed by atoms with E-state index in [-0.39, 0.29) is 29.1 Å². The SMILES string of the molecule is CCCCNC(=O)[C@H](Cc1ccccc1)N(Cc1ccccc1F)C(=O)CN(c1ccc(C)cc1)S(=O)(=O)c1ccc(F)cc1. The summed E-state index contributed by atoms with van der Waals surface area (Å²) in [6, 6.07) is 24.9. The van der Waals surface area contributed by atoms with Crippen LogP contribution < -0.4 is 9.62 Å². The van der Waals surface area contributed by atoms with Gasteiger partial charge in [0.1, 0.15) is 24.2 Å². The molecule has 0 fully saturated rings. The summed E-state index contributed by atoms with van der Waals surface area (Å²) < 4.78 is 57.6. The largest absolute Gasteiger partial charge is 0.354 e. The maximum atomic E-state index is 15.0. The van der Waals surface area contributed by atoms with Crippen LogP contribution in [0.4, 0.5) is 14.5 Å². The third-order valence-electron chi connectivity index (χ3n) is 7.40. The van der Waals surface area contributed by atoms with Gasteiger partial charge in [0.2, 0.25) is 11.8 Å². The molecule has 0 unspecified atom stereocenters. The Morgan fingerprint density at radius 2 is 1.49 bits per heavy atom. The average Bonchev–Trinajstić information content (AvgIpc) is 3.03. The highest BCUT2D eigenvalue weighted by Gasteiger charge is 2.35. The van der Waals surface area contributed by atoms with Gasteiger partial charge in [-0.1, -0.05) is 79.6 Å². The van der Waals surface area contributed by atoms with Crippen LogP contribution in [0, 0.1) is 18.6 Å². The van der Waals surface area contributed by atoms with E-state index in [9.17, 15) is 26.8 Å². The van der Waals surface area contributed by atoms with Crippen molar-refractivity contribution in [1.82, 2.24) is 10.2 Å². The fraction of sp³-hybridized carbons (Fsp3) is 0.257. The van der Waals surface area contributed by atoms with Gasteiger partial charge < -0.3 is 10.2 Å². The minimum absolute atomic E-state index is 0.119. The fourth-order valence-electron chi connectivity index (χ4n) is 4.84. The zero-order valence-electron chi connectivity index (χ0n) is 25.3. The molecule has 1 atom stereocenters. The highest BCUT2D eigenvalue weighted by atomic mass is 32.2. The van der Waals surface area contributed by atoms with E-state index in [0.717, 1.165) is 52.5 Å². The van der Waals surface area contributed by atoms with Crippen LogP contribution >= 0.6 is 0 Å². The molecule has 236 valence electrons. The first kappa shape index (κ1) is 33.3. The van der Waals surface area contributed by atoms with Crippen molar-refractivity contribution in [3.05, 3.63) is 131 Å². The van der Waals surface area contributed by atoms with Crippen LogP contribution in [-0.4, -0.2) is 44.3 Å². The zero-order valence-corrected chi connectivity index (χ0v) is 26.1. The Bertz CT molecular complexity index is 1680. The number of hydrogen-bond acceptors (Lipinski definition) is 4. The Morgan fingerprint density at radius 1 is 0.844 bits per heavy atom. The molecule has 0 aromatic heterocycles. The molecule has 0 saturated carbocycles. The quantitative estimate of drug-likeness (QED) is 0.172. The van der Waals surface area contributed by atoms with Crippen LogP contribution in [0.25, 0.3) is 0 Å². The molecule has 4 aromatic rings. The zero-order chi connectivity index (χ0) is 32.4. The molecule has 0 aliphatic carbocycles. The molecule has 0 aliphatic rings. The van der Waals surface area contributed by atoms with Gasteiger partial charge in [-0.15, -0.1) is 0 Å². The monoisotopic (exact) mass is 633 g/mol. The second-order valence-corrected chi connectivity index (χ2v) is 12.6. The molecule has 0 spiro atoms. The van der Waals surface area contributed by atoms with E-state index in [1.807, 2.05) is 44.2 Å². The summed E-state index contributed by atoms with van der Waals surface area (Å²) in [5, 5.41) is 2.90. The first-order valence-electron chi connectivity index (χ1n) is 14.8. The Labute approximate surface area is 263 Å². The van der Waals surface area contributed by atoms with Crippen molar-refractivity contribution < 1.29 is 26.8 Å². The van der Waals surface area contributed by atoms with Crippen molar-refractivity contribution >= 4 is 27.5 Å². The molecule has 0 bridgehead atoms. The number of rotatable bonds is 14. The van der Waals surface area contributed by atoms with Crippen molar-refractivity contribution in [1.29, 1.82) is 0 Å². The number of unbranched alkanes of at least 4 members (excludes halogenated alkanes) is 1. The molecular weight excluding hydrogens is 596 g/mol. The molecule has 4 rings (SSSR count). The number of aryl methyl sites for hydroxylation is 1. The summed E-state index contributed by atoms with van der Waals surface area (Å²) in [6.07, 6.45) is 1.69. The summed E-state index contributed by atoms with van der Waals surface area (Å²) >= 11 is 0. The lowest BCUT2D eigenvalue weighted by Gasteiger charge is -2.34. The van der Waals surface area contributed by atoms with Gasteiger partial charge in [0.25, 0.3) is 10.0 Å². The number of benzene rings is 4. The Morgan fingerprint density at radius 3 is 2.13 bits per heavy atom. The van der Waals surface area contributed by atoms with E-state index >= 15 is 0 Å². The Balaban J connectivity index is 1.79. The van der Waals surface area contributed by atoms with Crippen LogP contribution in [0.3, 0.4) is 0 Å². The third kappa shape index (κ3) is 8.76. The fourth-order valence-corrected chi connectivity index (χ4v) is 6.26. The van der Waals surface area contributed by atoms with Gasteiger partial charge in [0, 0.05) is 25.1 Å². The van der Waals surface area contributed by atoms with E-state index in [0.29, 0.717) is 6.54 Å². The van der Waals surface area contributed by atoms with E-state index in [1.54, 1.807) is 30.3 Å². The Kier molecular flexibility index (Phi) is 11.4. The molecule has 0 saturated heterocycles. The third-order valence-corrected chi connectivity index (χ3v) is 9.19. The standard InChI is InChI=1S/C35H37F2N3O4S/c1-3-4-22-38-35(42)33(23-27-10-6-5-7-11-27)39(24-28-12-8-9-13-32(28)37)34(41)25-40(30-18-14-26(2)15-19-30)45(43,44)31-20-16-29(36)17-21-31/h5-21,33H,3-4,22-25H2,1-2H3,(H,38,42)/t33-/m0/s1.